The summed E-state index contributed by atoms with van der Waals surface area (Å²) in [6, 6.07) is 9.06. The summed E-state index contributed by atoms with van der Waals surface area (Å²) < 4.78 is 65.9. The number of nitrogens with one attached hydrogen (secondary N) is 1. The number of hydrogen-bond acceptors (Lipinski definition) is 5. The average molecular weight is 416 g/mol. The first kappa shape index (κ1) is 20.0. The molecule has 1 aliphatic heterocycles. The molecule has 2 N–H and O–H groups in total. The molecule has 0 bridgehead atoms. The van der Waals surface area contributed by atoms with Gasteiger partial charge in [0.15, 0.2) is 11.6 Å². The Bertz CT molecular complexity index is 975. The lowest BCUT2D eigenvalue weighted by atomic mass is 10.2. The van der Waals surface area contributed by atoms with Crippen molar-refractivity contribution in [2.24, 2.45) is 0 Å². The molecule has 0 unspecified atom stereocenters. The number of halogens is 3. The van der Waals surface area contributed by atoms with E-state index in [-0.39, 0.29) is 10.6 Å². The van der Waals surface area contributed by atoms with Gasteiger partial charge in [-0.05, 0) is 43.3 Å². The number of ether oxygens (including phenoxy) is 1. The Kier molecular flexibility index (Phi) is 4.98. The summed E-state index contributed by atoms with van der Waals surface area (Å²) in [6.45, 7) is 1.77. The van der Waals surface area contributed by atoms with Crippen LogP contribution in [0.1, 0.15) is 5.56 Å². The van der Waals surface area contributed by atoms with Gasteiger partial charge in [-0.1, -0.05) is 17.7 Å². The summed E-state index contributed by atoms with van der Waals surface area (Å²) in [5.41, 5.74) is 0.832. The van der Waals surface area contributed by atoms with Crippen molar-refractivity contribution in [3.8, 4) is 5.75 Å². The van der Waals surface area contributed by atoms with Gasteiger partial charge in [0.1, 0.15) is 5.75 Å². The quantitative estimate of drug-likeness (QED) is 0.799. The van der Waals surface area contributed by atoms with Crippen molar-refractivity contribution in [1.29, 1.82) is 0 Å². The minimum Gasteiger partial charge on any atom is -0.406 e. The smallest absolute Gasteiger partial charge is 0.406 e. The Labute approximate surface area is 158 Å². The van der Waals surface area contributed by atoms with Crippen LogP contribution in [0.15, 0.2) is 53.4 Å². The van der Waals surface area contributed by atoms with Crippen LogP contribution in [-0.2, 0) is 9.84 Å². The van der Waals surface area contributed by atoms with E-state index < -0.39 is 39.6 Å². The molecule has 1 heterocycles. The van der Waals surface area contributed by atoms with Crippen molar-refractivity contribution >= 4 is 21.6 Å². The van der Waals surface area contributed by atoms with Crippen molar-refractivity contribution in [1.82, 2.24) is 5.32 Å². The average Bonchev–Trinajstić information content (AvgIpc) is 2.90. The summed E-state index contributed by atoms with van der Waals surface area (Å²) in [7, 11) is -4.11. The zero-order valence-corrected chi connectivity index (χ0v) is 15.2. The third-order valence-corrected chi connectivity index (χ3v) is 6.01. The molecule has 1 saturated heterocycles. The van der Waals surface area contributed by atoms with Gasteiger partial charge in [-0.3, -0.25) is 4.90 Å². The summed E-state index contributed by atoms with van der Waals surface area (Å²) >= 11 is 0. The maximum Gasteiger partial charge on any atom is 0.573 e. The molecule has 0 radical (unpaired) electrons. The second kappa shape index (κ2) is 6.99. The first-order valence-corrected chi connectivity index (χ1v) is 9.48. The van der Waals surface area contributed by atoms with Crippen molar-refractivity contribution in [2.75, 3.05) is 4.90 Å². The molecule has 11 heteroatoms. The van der Waals surface area contributed by atoms with Crippen molar-refractivity contribution in [3.05, 3.63) is 54.1 Å². The molecule has 28 heavy (non-hydrogen) atoms. The summed E-state index contributed by atoms with van der Waals surface area (Å²) in [5, 5.41) is 11.0. The van der Waals surface area contributed by atoms with Crippen molar-refractivity contribution in [3.63, 3.8) is 0 Å². The van der Waals surface area contributed by atoms with Crippen LogP contribution >= 0.6 is 0 Å². The molecule has 2 aromatic rings. The van der Waals surface area contributed by atoms with Crippen LogP contribution < -0.4 is 15.0 Å². The number of aliphatic hydroxyl groups is 1. The summed E-state index contributed by atoms with van der Waals surface area (Å²) in [4.78, 5) is 12.9. The SMILES string of the molecule is Cc1ccc(S(=O)(=O)[C@@H]2NC(=O)N(c3ccc(OC(F)(F)F)cc3)[C@@H]2O)cc1. The van der Waals surface area contributed by atoms with Crippen LogP contribution in [0.2, 0.25) is 0 Å². The van der Waals surface area contributed by atoms with Crippen LogP contribution in [0.3, 0.4) is 0 Å². The van der Waals surface area contributed by atoms with Crippen molar-refractivity contribution < 1.29 is 36.2 Å². The van der Waals surface area contributed by atoms with Crippen LogP contribution in [-0.4, -0.2) is 37.5 Å². The van der Waals surface area contributed by atoms with E-state index in [1.165, 1.54) is 12.1 Å². The topological polar surface area (TPSA) is 95.9 Å². The highest BCUT2D eigenvalue weighted by Gasteiger charge is 2.47. The van der Waals surface area contributed by atoms with Crippen LogP contribution in [0.4, 0.5) is 23.7 Å². The number of carbonyl (C=O) groups excluding carboxylic acids is 1. The van der Waals surface area contributed by atoms with Gasteiger partial charge in [0.05, 0.1) is 4.90 Å². The monoisotopic (exact) mass is 416 g/mol. The molecule has 2 amide bonds. The maximum atomic E-state index is 12.7. The number of sulfone groups is 1. The lowest BCUT2D eigenvalue weighted by molar-refractivity contribution is -0.274. The number of hydrogen-bond donors (Lipinski definition) is 2. The van der Waals surface area contributed by atoms with E-state index in [2.05, 4.69) is 10.1 Å². The van der Waals surface area contributed by atoms with Gasteiger partial charge in [0, 0.05) is 5.69 Å². The fourth-order valence-electron chi connectivity index (χ4n) is 2.71. The molecular weight excluding hydrogens is 401 g/mol. The van der Waals surface area contributed by atoms with Gasteiger partial charge in [-0.2, -0.15) is 0 Å². The van der Waals surface area contributed by atoms with Crippen LogP contribution in [0.25, 0.3) is 0 Å². The number of rotatable bonds is 4. The Morgan fingerprint density at radius 3 is 2.18 bits per heavy atom. The van der Waals surface area contributed by atoms with E-state index in [9.17, 15) is 31.5 Å². The number of alkyl halides is 3. The second-order valence-electron chi connectivity index (χ2n) is 6.05. The second-order valence-corrected chi connectivity index (χ2v) is 8.12. The number of urea groups is 1. The van der Waals surface area contributed by atoms with E-state index in [0.29, 0.717) is 0 Å². The molecular formula is C17H15F3N2O5S. The zero-order valence-electron chi connectivity index (χ0n) is 14.3. The van der Waals surface area contributed by atoms with Gasteiger partial charge in [0.25, 0.3) is 0 Å². The molecule has 0 spiro atoms. The van der Waals surface area contributed by atoms with Gasteiger partial charge >= 0.3 is 12.4 Å². The fourth-order valence-corrected chi connectivity index (χ4v) is 4.22. The fraction of sp³-hybridized carbons (Fsp3) is 0.235. The highest BCUT2D eigenvalue weighted by Crippen LogP contribution is 2.30. The van der Waals surface area contributed by atoms with Gasteiger partial charge in [-0.15, -0.1) is 13.2 Å². The van der Waals surface area contributed by atoms with E-state index in [1.54, 1.807) is 19.1 Å². The molecule has 3 rings (SSSR count). The first-order chi connectivity index (χ1) is 13.0. The van der Waals surface area contributed by atoms with Crippen LogP contribution in [0.5, 0.6) is 5.75 Å². The minimum absolute atomic E-state index is 0.00105. The Morgan fingerprint density at radius 2 is 1.64 bits per heavy atom. The molecule has 0 aromatic heterocycles. The Balaban J connectivity index is 1.85. The third-order valence-electron chi connectivity index (χ3n) is 4.05. The van der Waals surface area contributed by atoms with E-state index in [0.717, 1.165) is 34.7 Å². The normalized spacial score (nSPS) is 20.2. The molecule has 2 atom stereocenters. The Hall–Kier alpha value is -2.79. The molecule has 0 aliphatic carbocycles. The number of carbonyl (C=O) groups is 1. The van der Waals surface area contributed by atoms with Gasteiger partial charge in [0.2, 0.25) is 9.84 Å². The number of amides is 2. The highest BCUT2D eigenvalue weighted by molar-refractivity contribution is 7.92. The predicted molar refractivity (Wildman–Crippen MR) is 92.3 cm³/mol. The number of anilines is 1. The maximum absolute atomic E-state index is 12.7. The van der Waals surface area contributed by atoms with Crippen molar-refractivity contribution in [2.45, 2.75) is 29.8 Å². The molecule has 7 nitrogen and oxygen atoms in total. The highest BCUT2D eigenvalue weighted by atomic mass is 32.2. The first-order valence-electron chi connectivity index (χ1n) is 7.93. The van der Waals surface area contributed by atoms with Crippen LogP contribution in [0, 0.1) is 6.92 Å². The summed E-state index contributed by atoms with van der Waals surface area (Å²) in [5.74, 6) is -0.519. The number of aliphatic hydroxyl groups excluding tert-OH is 1. The lowest BCUT2D eigenvalue weighted by Gasteiger charge is -2.22. The standard InChI is InChI=1S/C17H15F3N2O5S/c1-10-2-8-13(9-3-10)28(25,26)14-15(23)22(16(24)21-14)11-4-6-12(7-5-11)27-17(18,19)20/h2-9,14-15,23H,1H3,(H,21,24)/t14-,15+/m0/s1. The third kappa shape index (κ3) is 3.90. The largest absolute Gasteiger partial charge is 0.573 e. The van der Waals surface area contributed by atoms with Gasteiger partial charge in [-0.25, -0.2) is 13.2 Å². The minimum atomic E-state index is -4.88. The lowest BCUT2D eigenvalue weighted by Crippen LogP contribution is -2.41. The number of aryl methyl sites for hydroxylation is 1. The van der Waals surface area contributed by atoms with E-state index in [4.69, 9.17) is 0 Å². The molecule has 150 valence electrons. The van der Waals surface area contributed by atoms with E-state index in [1.807, 2.05) is 0 Å². The molecule has 0 saturated carbocycles. The van der Waals surface area contributed by atoms with E-state index >= 15 is 0 Å². The number of nitrogens with zero attached hydrogens (tertiary/aromatic N) is 1. The summed E-state index contributed by atoms with van der Waals surface area (Å²) in [6.07, 6.45) is -6.66. The predicted octanol–water partition coefficient (Wildman–Crippen LogP) is 2.54. The van der Waals surface area contributed by atoms with Gasteiger partial charge < -0.3 is 15.2 Å². The molecule has 1 fully saturated rings. The molecule has 2 aromatic carbocycles. The number of benzene rings is 2. The molecule has 1 aliphatic rings. The zero-order chi connectivity index (χ0) is 20.7. The Morgan fingerprint density at radius 1 is 1.07 bits per heavy atom.